The Hall–Kier alpha value is -1.34. The van der Waals surface area contributed by atoms with Crippen LogP contribution in [0, 0.1) is 11.8 Å². The summed E-state index contributed by atoms with van der Waals surface area (Å²) in [5.41, 5.74) is 0.00691. The second-order valence-electron chi connectivity index (χ2n) is 5.73. The predicted molar refractivity (Wildman–Crippen MR) is 78.8 cm³/mol. The highest BCUT2D eigenvalue weighted by atomic mass is 32.2. The van der Waals surface area contributed by atoms with Gasteiger partial charge in [-0.2, -0.15) is 0 Å². The van der Waals surface area contributed by atoms with Crippen LogP contribution in [0.3, 0.4) is 0 Å². The van der Waals surface area contributed by atoms with Crippen molar-refractivity contribution in [2.75, 3.05) is 6.54 Å². The van der Waals surface area contributed by atoms with E-state index < -0.39 is 16.0 Å². The van der Waals surface area contributed by atoms with Gasteiger partial charge < -0.3 is 9.67 Å². The Morgan fingerprint density at radius 1 is 1.52 bits per heavy atom. The Bertz CT molecular complexity index is 617. The summed E-state index contributed by atoms with van der Waals surface area (Å²) in [5.74, 6) is -0.181. The standard InChI is InChI=1S/C14H22N2O4S/c1-3-6-16-9-12(7-13(16)14(17)18)21(19,20)15-8-10(2)11-4-5-11/h7,9-11,15H,3-6,8H2,1-2H3,(H,17,18). The van der Waals surface area contributed by atoms with E-state index in [1.807, 2.05) is 13.8 Å². The van der Waals surface area contributed by atoms with Gasteiger partial charge in [0.15, 0.2) is 0 Å². The van der Waals surface area contributed by atoms with E-state index in [-0.39, 0.29) is 10.6 Å². The fraction of sp³-hybridized carbons (Fsp3) is 0.643. The van der Waals surface area contributed by atoms with E-state index in [0.29, 0.717) is 24.9 Å². The molecule has 0 aliphatic heterocycles. The number of hydrogen-bond acceptors (Lipinski definition) is 3. The van der Waals surface area contributed by atoms with Gasteiger partial charge >= 0.3 is 5.97 Å². The van der Waals surface area contributed by atoms with Gasteiger partial charge in [-0.1, -0.05) is 13.8 Å². The first-order valence-electron chi connectivity index (χ1n) is 7.28. The molecule has 1 unspecified atom stereocenters. The lowest BCUT2D eigenvalue weighted by Crippen LogP contribution is -2.29. The van der Waals surface area contributed by atoms with E-state index in [1.54, 1.807) is 0 Å². The van der Waals surface area contributed by atoms with E-state index in [0.717, 1.165) is 6.42 Å². The molecule has 1 aromatic heterocycles. The zero-order valence-corrected chi connectivity index (χ0v) is 13.2. The molecule has 7 heteroatoms. The first-order chi connectivity index (χ1) is 9.85. The summed E-state index contributed by atoms with van der Waals surface area (Å²) in [5, 5.41) is 9.13. The van der Waals surface area contributed by atoms with Gasteiger partial charge in [-0.25, -0.2) is 17.9 Å². The molecule has 21 heavy (non-hydrogen) atoms. The van der Waals surface area contributed by atoms with Gasteiger partial charge in [0.2, 0.25) is 10.0 Å². The van der Waals surface area contributed by atoms with Crippen molar-refractivity contribution >= 4 is 16.0 Å². The summed E-state index contributed by atoms with van der Waals surface area (Å²) in [6.07, 6.45) is 4.47. The van der Waals surface area contributed by atoms with Gasteiger partial charge in [0.05, 0.1) is 0 Å². The van der Waals surface area contributed by atoms with Crippen molar-refractivity contribution in [3.8, 4) is 0 Å². The monoisotopic (exact) mass is 314 g/mol. The smallest absolute Gasteiger partial charge is 0.352 e. The maximum atomic E-state index is 12.3. The summed E-state index contributed by atoms with van der Waals surface area (Å²) < 4.78 is 28.6. The van der Waals surface area contributed by atoms with Gasteiger partial charge in [0, 0.05) is 19.3 Å². The van der Waals surface area contributed by atoms with Crippen molar-refractivity contribution in [2.24, 2.45) is 11.8 Å². The number of hydrogen-bond donors (Lipinski definition) is 2. The van der Waals surface area contributed by atoms with Crippen molar-refractivity contribution in [1.29, 1.82) is 0 Å². The fourth-order valence-corrected chi connectivity index (χ4v) is 3.57. The quantitative estimate of drug-likeness (QED) is 0.767. The third-order valence-corrected chi connectivity index (χ3v) is 5.28. The molecule has 1 saturated carbocycles. The van der Waals surface area contributed by atoms with E-state index in [4.69, 9.17) is 5.11 Å². The number of sulfonamides is 1. The summed E-state index contributed by atoms with van der Waals surface area (Å²) in [6.45, 7) is 4.82. The lowest BCUT2D eigenvalue weighted by molar-refractivity contribution is 0.0685. The maximum absolute atomic E-state index is 12.3. The normalized spacial score (nSPS) is 16.9. The minimum Gasteiger partial charge on any atom is -0.477 e. The van der Waals surface area contributed by atoms with Crippen LogP contribution < -0.4 is 4.72 Å². The number of nitrogens with one attached hydrogen (secondary N) is 1. The highest BCUT2D eigenvalue weighted by Gasteiger charge is 2.29. The van der Waals surface area contributed by atoms with Crippen LogP contribution >= 0.6 is 0 Å². The molecule has 1 aromatic rings. The van der Waals surface area contributed by atoms with Crippen LogP contribution in [0.4, 0.5) is 0 Å². The van der Waals surface area contributed by atoms with Gasteiger partial charge in [0.25, 0.3) is 0 Å². The van der Waals surface area contributed by atoms with Gasteiger partial charge in [0.1, 0.15) is 10.6 Å². The van der Waals surface area contributed by atoms with Crippen LogP contribution in [0.15, 0.2) is 17.2 Å². The van der Waals surface area contributed by atoms with Crippen LogP contribution in [0.1, 0.15) is 43.6 Å². The van der Waals surface area contributed by atoms with Crippen molar-refractivity contribution in [2.45, 2.75) is 44.6 Å². The zero-order valence-electron chi connectivity index (χ0n) is 12.4. The SMILES string of the molecule is CCCn1cc(S(=O)(=O)NCC(C)C2CC2)cc1C(=O)O. The molecule has 0 saturated heterocycles. The summed E-state index contributed by atoms with van der Waals surface area (Å²) in [6, 6.07) is 1.22. The molecule has 0 amide bonds. The molecule has 0 spiro atoms. The molecule has 0 radical (unpaired) electrons. The highest BCUT2D eigenvalue weighted by molar-refractivity contribution is 7.89. The highest BCUT2D eigenvalue weighted by Crippen LogP contribution is 2.36. The minimum atomic E-state index is -3.65. The predicted octanol–water partition coefficient (Wildman–Crippen LogP) is 1.92. The number of carbonyl (C=O) groups is 1. The number of aromatic nitrogens is 1. The Kier molecular flexibility index (Phi) is 4.73. The summed E-state index contributed by atoms with van der Waals surface area (Å²) in [7, 11) is -3.65. The number of aryl methyl sites for hydroxylation is 1. The maximum Gasteiger partial charge on any atom is 0.352 e. The molecular weight excluding hydrogens is 292 g/mol. The topological polar surface area (TPSA) is 88.4 Å². The largest absolute Gasteiger partial charge is 0.477 e. The lowest BCUT2D eigenvalue weighted by atomic mass is 10.1. The molecule has 1 fully saturated rings. The lowest BCUT2D eigenvalue weighted by Gasteiger charge is -2.11. The van der Waals surface area contributed by atoms with E-state index in [1.165, 1.54) is 29.7 Å². The third kappa shape index (κ3) is 3.85. The molecule has 118 valence electrons. The number of nitrogens with zero attached hydrogens (tertiary/aromatic N) is 1. The van der Waals surface area contributed by atoms with E-state index in [9.17, 15) is 13.2 Å². The first-order valence-corrected chi connectivity index (χ1v) is 8.76. The molecule has 0 bridgehead atoms. The molecule has 1 atom stereocenters. The second kappa shape index (κ2) is 6.19. The average Bonchev–Trinajstić information content (AvgIpc) is 3.17. The van der Waals surface area contributed by atoms with E-state index in [2.05, 4.69) is 4.72 Å². The Balaban J connectivity index is 2.14. The molecule has 0 aromatic carbocycles. The van der Waals surface area contributed by atoms with E-state index >= 15 is 0 Å². The molecule has 2 N–H and O–H groups in total. The van der Waals surface area contributed by atoms with Crippen LogP contribution in [-0.4, -0.2) is 30.6 Å². The molecule has 6 nitrogen and oxygen atoms in total. The fourth-order valence-electron chi connectivity index (χ4n) is 2.39. The van der Waals surface area contributed by atoms with Gasteiger partial charge in [-0.15, -0.1) is 0 Å². The number of aromatic carboxylic acids is 1. The average molecular weight is 314 g/mol. The van der Waals surface area contributed by atoms with Crippen molar-refractivity contribution in [3.63, 3.8) is 0 Å². The van der Waals surface area contributed by atoms with Gasteiger partial charge in [-0.05, 0) is 37.2 Å². The van der Waals surface area contributed by atoms with Crippen LogP contribution in [0.25, 0.3) is 0 Å². The zero-order chi connectivity index (χ0) is 15.6. The van der Waals surface area contributed by atoms with Crippen LogP contribution in [0.5, 0.6) is 0 Å². The van der Waals surface area contributed by atoms with Crippen molar-refractivity contribution in [1.82, 2.24) is 9.29 Å². The minimum absolute atomic E-state index is 0.00691. The molecule has 1 aliphatic rings. The first kappa shape index (κ1) is 16.0. The van der Waals surface area contributed by atoms with Crippen LogP contribution in [0.2, 0.25) is 0 Å². The molecule has 1 aliphatic carbocycles. The summed E-state index contributed by atoms with van der Waals surface area (Å²) >= 11 is 0. The summed E-state index contributed by atoms with van der Waals surface area (Å²) in [4.78, 5) is 11.2. The second-order valence-corrected chi connectivity index (χ2v) is 7.49. The Morgan fingerprint density at radius 2 is 2.19 bits per heavy atom. The Morgan fingerprint density at radius 3 is 2.71 bits per heavy atom. The van der Waals surface area contributed by atoms with Crippen molar-refractivity contribution in [3.05, 3.63) is 18.0 Å². The number of carboxylic acids is 1. The Labute approximate surface area is 125 Å². The number of rotatable bonds is 8. The molecule has 2 rings (SSSR count). The third-order valence-electron chi connectivity index (χ3n) is 3.89. The molecular formula is C14H22N2O4S. The number of carboxylic acid groups (broad SMARTS) is 1. The van der Waals surface area contributed by atoms with Crippen LogP contribution in [-0.2, 0) is 16.6 Å². The van der Waals surface area contributed by atoms with Gasteiger partial charge in [-0.3, -0.25) is 0 Å². The molecule has 1 heterocycles. The van der Waals surface area contributed by atoms with Crippen molar-refractivity contribution < 1.29 is 18.3 Å².